The van der Waals surface area contributed by atoms with E-state index in [4.69, 9.17) is 4.74 Å². The third kappa shape index (κ3) is 4.57. The van der Waals surface area contributed by atoms with Gasteiger partial charge in [0.15, 0.2) is 5.78 Å². The van der Waals surface area contributed by atoms with Crippen molar-refractivity contribution in [3.63, 3.8) is 0 Å². The van der Waals surface area contributed by atoms with Crippen LogP contribution in [0.2, 0.25) is 0 Å². The quantitative estimate of drug-likeness (QED) is 0.705. The van der Waals surface area contributed by atoms with Gasteiger partial charge in [-0.2, -0.15) is 0 Å². The van der Waals surface area contributed by atoms with Crippen molar-refractivity contribution in [2.75, 3.05) is 26.2 Å². The number of carbonyl (C=O) groups excluding carboxylic acids is 1. The molecule has 0 radical (unpaired) electrons. The summed E-state index contributed by atoms with van der Waals surface area (Å²) in [5, 5.41) is 0. The molecule has 1 saturated heterocycles. The van der Waals surface area contributed by atoms with Gasteiger partial charge in [0.25, 0.3) is 0 Å². The van der Waals surface area contributed by atoms with E-state index in [0.29, 0.717) is 18.9 Å². The van der Waals surface area contributed by atoms with E-state index < -0.39 is 0 Å². The number of benzene rings is 1. The Kier molecular flexibility index (Phi) is 6.44. The molecule has 0 N–H and O–H groups in total. The Hall–Kier alpha value is -1.35. The molecular weight excluding hydrogens is 274 g/mol. The van der Waals surface area contributed by atoms with Gasteiger partial charge in [-0.3, -0.25) is 4.79 Å². The van der Waals surface area contributed by atoms with Crippen LogP contribution in [0.1, 0.15) is 68.3 Å². The number of nitrogens with zero attached hydrogens (tertiary/aromatic N) is 1. The van der Waals surface area contributed by atoms with Gasteiger partial charge in [0.1, 0.15) is 5.75 Å². The Bertz CT molecular complexity index is 490. The highest BCUT2D eigenvalue weighted by Crippen LogP contribution is 2.26. The normalized spacial score (nSPS) is 16.0. The number of Topliss-reactive ketones (excluding diaryl/α,β-unsaturated/α-hetero) is 1. The number of ketones is 1. The van der Waals surface area contributed by atoms with Crippen LogP contribution in [0.4, 0.5) is 0 Å². The lowest BCUT2D eigenvalue weighted by Gasteiger charge is -2.26. The second-order valence-corrected chi connectivity index (χ2v) is 6.42. The summed E-state index contributed by atoms with van der Waals surface area (Å²) in [5.41, 5.74) is 1.95. The molecular formula is C19H29NO2. The molecule has 0 aliphatic carbocycles. The van der Waals surface area contributed by atoms with Crippen LogP contribution in [0, 0.1) is 0 Å². The first kappa shape index (κ1) is 17.0. The molecule has 1 aliphatic rings. The number of rotatable bonds is 7. The summed E-state index contributed by atoms with van der Waals surface area (Å²) in [6.45, 7) is 9.99. The lowest BCUT2D eigenvalue weighted by Crippen LogP contribution is -2.31. The highest BCUT2D eigenvalue weighted by atomic mass is 16.5. The molecule has 2 rings (SSSR count). The zero-order valence-electron chi connectivity index (χ0n) is 14.2. The van der Waals surface area contributed by atoms with Crippen molar-refractivity contribution in [2.24, 2.45) is 0 Å². The van der Waals surface area contributed by atoms with E-state index in [2.05, 4.69) is 24.8 Å². The minimum atomic E-state index is 0.205. The molecule has 1 aliphatic heterocycles. The van der Waals surface area contributed by atoms with Gasteiger partial charge in [0.2, 0.25) is 0 Å². The summed E-state index contributed by atoms with van der Waals surface area (Å²) in [6, 6.07) is 6.04. The van der Waals surface area contributed by atoms with Crippen molar-refractivity contribution in [3.8, 4) is 5.75 Å². The zero-order valence-corrected chi connectivity index (χ0v) is 14.2. The highest BCUT2D eigenvalue weighted by molar-refractivity contribution is 5.99. The molecule has 1 heterocycles. The standard InChI is InChI=1S/C19H29NO2/c1-4-22-19-9-8-16(15(2)3)14-17(19)18(21)10-13-20-11-6-5-7-12-20/h8-9,14-15H,4-7,10-13H2,1-3H3. The van der Waals surface area contributed by atoms with Crippen LogP contribution >= 0.6 is 0 Å². The van der Waals surface area contributed by atoms with Gasteiger partial charge in [0, 0.05) is 13.0 Å². The van der Waals surface area contributed by atoms with Crippen molar-refractivity contribution in [3.05, 3.63) is 29.3 Å². The van der Waals surface area contributed by atoms with E-state index in [1.54, 1.807) is 0 Å². The lowest BCUT2D eigenvalue weighted by atomic mass is 9.97. The number of likely N-dealkylation sites (tertiary alicyclic amines) is 1. The minimum absolute atomic E-state index is 0.205. The number of ether oxygens (including phenoxy) is 1. The average Bonchev–Trinajstić information content (AvgIpc) is 2.54. The van der Waals surface area contributed by atoms with Gasteiger partial charge in [-0.25, -0.2) is 0 Å². The van der Waals surface area contributed by atoms with E-state index in [0.717, 1.165) is 30.9 Å². The summed E-state index contributed by atoms with van der Waals surface area (Å²) in [4.78, 5) is 15.1. The molecule has 1 fully saturated rings. The predicted molar refractivity (Wildman–Crippen MR) is 90.9 cm³/mol. The van der Waals surface area contributed by atoms with Gasteiger partial charge in [0.05, 0.1) is 12.2 Å². The summed E-state index contributed by atoms with van der Waals surface area (Å²) >= 11 is 0. The van der Waals surface area contributed by atoms with Gasteiger partial charge in [-0.05, 0) is 56.5 Å². The van der Waals surface area contributed by atoms with Crippen molar-refractivity contribution < 1.29 is 9.53 Å². The molecule has 3 heteroatoms. The number of hydrogen-bond acceptors (Lipinski definition) is 3. The number of carbonyl (C=O) groups is 1. The fourth-order valence-electron chi connectivity index (χ4n) is 2.98. The van der Waals surface area contributed by atoms with Crippen molar-refractivity contribution in [1.82, 2.24) is 4.90 Å². The van der Waals surface area contributed by atoms with Gasteiger partial charge in [-0.1, -0.05) is 26.3 Å². The van der Waals surface area contributed by atoms with Crippen LogP contribution in [0.25, 0.3) is 0 Å². The average molecular weight is 303 g/mol. The van der Waals surface area contributed by atoms with Crippen molar-refractivity contribution >= 4 is 5.78 Å². The van der Waals surface area contributed by atoms with Crippen molar-refractivity contribution in [2.45, 2.75) is 52.4 Å². The van der Waals surface area contributed by atoms with Gasteiger partial charge >= 0.3 is 0 Å². The summed E-state index contributed by atoms with van der Waals surface area (Å²) in [6.07, 6.45) is 4.44. The fraction of sp³-hybridized carbons (Fsp3) is 0.632. The third-order valence-electron chi connectivity index (χ3n) is 4.37. The summed E-state index contributed by atoms with van der Waals surface area (Å²) in [5.74, 6) is 1.36. The third-order valence-corrected chi connectivity index (χ3v) is 4.37. The molecule has 122 valence electrons. The predicted octanol–water partition coefficient (Wildman–Crippen LogP) is 4.27. The highest BCUT2D eigenvalue weighted by Gasteiger charge is 2.17. The molecule has 3 nitrogen and oxygen atoms in total. The molecule has 0 amide bonds. The molecule has 0 aromatic heterocycles. The Morgan fingerprint density at radius 1 is 1.23 bits per heavy atom. The Morgan fingerprint density at radius 2 is 1.95 bits per heavy atom. The van der Waals surface area contributed by atoms with Crippen LogP contribution in [-0.2, 0) is 0 Å². The Morgan fingerprint density at radius 3 is 2.59 bits per heavy atom. The Labute approximate surface area is 134 Å². The molecule has 0 atom stereocenters. The first-order chi connectivity index (χ1) is 10.6. The lowest BCUT2D eigenvalue weighted by molar-refractivity contribution is 0.0955. The number of piperidine rings is 1. The number of hydrogen-bond donors (Lipinski definition) is 0. The van der Waals surface area contributed by atoms with Gasteiger partial charge in [-0.15, -0.1) is 0 Å². The topological polar surface area (TPSA) is 29.5 Å². The van der Waals surface area contributed by atoms with Crippen LogP contribution in [0.15, 0.2) is 18.2 Å². The van der Waals surface area contributed by atoms with E-state index in [1.807, 2.05) is 19.1 Å². The Balaban J connectivity index is 2.06. The minimum Gasteiger partial charge on any atom is -0.493 e. The second-order valence-electron chi connectivity index (χ2n) is 6.42. The summed E-state index contributed by atoms with van der Waals surface area (Å²) in [7, 11) is 0. The molecule has 0 saturated carbocycles. The molecule has 22 heavy (non-hydrogen) atoms. The van der Waals surface area contributed by atoms with Crippen LogP contribution in [0.3, 0.4) is 0 Å². The largest absolute Gasteiger partial charge is 0.493 e. The molecule has 0 spiro atoms. The van der Waals surface area contributed by atoms with Crippen LogP contribution in [0.5, 0.6) is 5.75 Å². The second kappa shape index (κ2) is 8.33. The van der Waals surface area contributed by atoms with Gasteiger partial charge < -0.3 is 9.64 Å². The van der Waals surface area contributed by atoms with Crippen LogP contribution in [-0.4, -0.2) is 36.9 Å². The molecule has 0 bridgehead atoms. The first-order valence-electron chi connectivity index (χ1n) is 8.64. The SMILES string of the molecule is CCOc1ccc(C(C)C)cc1C(=O)CCN1CCCCC1. The zero-order chi connectivity index (χ0) is 15.9. The van der Waals surface area contributed by atoms with E-state index in [1.165, 1.54) is 24.8 Å². The van der Waals surface area contributed by atoms with Crippen molar-refractivity contribution in [1.29, 1.82) is 0 Å². The maximum absolute atomic E-state index is 12.7. The molecule has 0 unspecified atom stereocenters. The van der Waals surface area contributed by atoms with E-state index in [9.17, 15) is 4.79 Å². The maximum atomic E-state index is 12.7. The maximum Gasteiger partial charge on any atom is 0.167 e. The smallest absolute Gasteiger partial charge is 0.167 e. The molecule has 1 aromatic rings. The van der Waals surface area contributed by atoms with Crippen LogP contribution < -0.4 is 4.74 Å². The summed E-state index contributed by atoms with van der Waals surface area (Å²) < 4.78 is 5.65. The van der Waals surface area contributed by atoms with E-state index >= 15 is 0 Å². The monoisotopic (exact) mass is 303 g/mol. The fourth-order valence-corrected chi connectivity index (χ4v) is 2.98. The first-order valence-corrected chi connectivity index (χ1v) is 8.64. The van der Waals surface area contributed by atoms with E-state index in [-0.39, 0.29) is 5.78 Å². The molecule has 1 aromatic carbocycles.